The number of hydrogen-bond donors (Lipinski definition) is 1. The second kappa shape index (κ2) is 5.68. The van der Waals surface area contributed by atoms with E-state index in [0.717, 1.165) is 35.9 Å². The van der Waals surface area contributed by atoms with Crippen molar-refractivity contribution in [2.75, 3.05) is 11.4 Å². The van der Waals surface area contributed by atoms with Crippen LogP contribution >= 0.6 is 23.1 Å². The number of anilines is 1. The summed E-state index contributed by atoms with van der Waals surface area (Å²) in [4.78, 5) is 6.68. The van der Waals surface area contributed by atoms with E-state index >= 15 is 0 Å². The van der Waals surface area contributed by atoms with Crippen molar-refractivity contribution in [2.24, 2.45) is 0 Å². The van der Waals surface area contributed by atoms with Crippen LogP contribution in [0.15, 0.2) is 24.3 Å². The van der Waals surface area contributed by atoms with Gasteiger partial charge in [0.2, 0.25) is 5.13 Å². The Balaban J connectivity index is 1.92. The molecule has 1 aliphatic rings. The molecule has 0 unspecified atom stereocenters. The highest BCUT2D eigenvalue weighted by Gasteiger charge is 2.35. The molecule has 2 heterocycles. The fourth-order valence-electron chi connectivity index (χ4n) is 2.56. The highest BCUT2D eigenvalue weighted by molar-refractivity contribution is 7.09. The standard InChI is InChI=1S/C14H16ClN3OS/c1-2-12-16-14(20-17-12)18-8-7-11(19)13(18)9-3-5-10(15)6-4-9/h3-6,11,13,19H,2,7-8H2,1H3/t11-,13-/m1/s1. The molecule has 1 aromatic carbocycles. The van der Waals surface area contributed by atoms with Crippen molar-refractivity contribution in [1.82, 2.24) is 9.36 Å². The third kappa shape index (κ3) is 2.53. The summed E-state index contributed by atoms with van der Waals surface area (Å²) in [6.07, 6.45) is 1.19. The Morgan fingerprint density at radius 1 is 1.40 bits per heavy atom. The molecule has 1 aromatic heterocycles. The lowest BCUT2D eigenvalue weighted by atomic mass is 10.0. The Morgan fingerprint density at radius 3 is 2.80 bits per heavy atom. The molecule has 0 aliphatic carbocycles. The summed E-state index contributed by atoms with van der Waals surface area (Å²) in [6, 6.07) is 7.59. The lowest BCUT2D eigenvalue weighted by Crippen LogP contribution is -2.27. The van der Waals surface area contributed by atoms with Crippen LogP contribution < -0.4 is 4.90 Å². The molecule has 0 bridgehead atoms. The number of nitrogens with zero attached hydrogens (tertiary/aromatic N) is 3. The zero-order chi connectivity index (χ0) is 14.1. The van der Waals surface area contributed by atoms with E-state index in [2.05, 4.69) is 14.3 Å². The van der Waals surface area contributed by atoms with Crippen molar-refractivity contribution >= 4 is 28.3 Å². The van der Waals surface area contributed by atoms with Gasteiger partial charge in [-0.1, -0.05) is 30.7 Å². The SMILES string of the molecule is CCc1nsc(N2CC[C@@H](O)[C@H]2c2ccc(Cl)cc2)n1. The summed E-state index contributed by atoms with van der Waals surface area (Å²) in [6.45, 7) is 2.84. The molecular weight excluding hydrogens is 294 g/mol. The van der Waals surface area contributed by atoms with E-state index in [9.17, 15) is 5.11 Å². The topological polar surface area (TPSA) is 49.2 Å². The van der Waals surface area contributed by atoms with Gasteiger partial charge in [-0.05, 0) is 24.1 Å². The van der Waals surface area contributed by atoms with E-state index in [0.29, 0.717) is 5.02 Å². The maximum absolute atomic E-state index is 10.3. The Kier molecular flexibility index (Phi) is 3.92. The number of aromatic nitrogens is 2. The second-order valence-corrected chi connectivity index (χ2v) is 6.06. The van der Waals surface area contributed by atoms with Crippen LogP contribution in [-0.2, 0) is 6.42 Å². The second-order valence-electron chi connectivity index (χ2n) is 4.89. The number of aryl methyl sites for hydroxylation is 1. The van der Waals surface area contributed by atoms with Crippen LogP contribution in [0.1, 0.15) is 30.8 Å². The van der Waals surface area contributed by atoms with Gasteiger partial charge in [-0.25, -0.2) is 4.98 Å². The van der Waals surface area contributed by atoms with E-state index in [1.807, 2.05) is 31.2 Å². The minimum atomic E-state index is -0.384. The zero-order valence-corrected chi connectivity index (χ0v) is 12.7. The van der Waals surface area contributed by atoms with Crippen LogP contribution in [0.4, 0.5) is 5.13 Å². The lowest BCUT2D eigenvalue weighted by molar-refractivity contribution is 0.165. The van der Waals surface area contributed by atoms with Gasteiger partial charge in [0.05, 0.1) is 12.1 Å². The third-order valence-electron chi connectivity index (χ3n) is 3.60. The van der Waals surface area contributed by atoms with Crippen molar-refractivity contribution in [3.8, 4) is 0 Å². The number of halogens is 1. The largest absolute Gasteiger partial charge is 0.391 e. The molecule has 0 saturated carbocycles. The number of rotatable bonds is 3. The van der Waals surface area contributed by atoms with Crippen molar-refractivity contribution in [2.45, 2.75) is 31.9 Å². The average Bonchev–Trinajstić information content (AvgIpc) is 3.06. The monoisotopic (exact) mass is 309 g/mol. The Labute approximate surface area is 127 Å². The lowest BCUT2D eigenvalue weighted by Gasteiger charge is -2.25. The Hall–Kier alpha value is -1.17. The minimum Gasteiger partial charge on any atom is -0.391 e. The van der Waals surface area contributed by atoms with Crippen LogP contribution in [0.3, 0.4) is 0 Å². The first-order valence-electron chi connectivity index (χ1n) is 6.72. The Bertz CT molecular complexity index is 586. The highest BCUT2D eigenvalue weighted by atomic mass is 35.5. The number of benzene rings is 1. The maximum Gasteiger partial charge on any atom is 0.205 e. The normalized spacial score (nSPS) is 22.4. The van der Waals surface area contributed by atoms with Gasteiger partial charge in [-0.3, -0.25) is 0 Å². The van der Waals surface area contributed by atoms with E-state index in [-0.39, 0.29) is 12.1 Å². The number of hydrogen-bond acceptors (Lipinski definition) is 5. The van der Waals surface area contributed by atoms with Gasteiger partial charge in [0.25, 0.3) is 0 Å². The molecular formula is C14H16ClN3OS. The first kappa shape index (κ1) is 13.8. The average molecular weight is 310 g/mol. The van der Waals surface area contributed by atoms with E-state index in [1.165, 1.54) is 11.5 Å². The van der Waals surface area contributed by atoms with Gasteiger partial charge in [0.15, 0.2) is 0 Å². The van der Waals surface area contributed by atoms with Gasteiger partial charge in [-0.15, -0.1) is 0 Å². The summed E-state index contributed by atoms with van der Waals surface area (Å²) >= 11 is 7.34. The molecule has 0 spiro atoms. The molecule has 1 N–H and O–H groups in total. The molecule has 4 nitrogen and oxygen atoms in total. The van der Waals surface area contributed by atoms with Gasteiger partial charge < -0.3 is 10.0 Å². The fourth-order valence-corrected chi connectivity index (χ4v) is 3.50. The first-order chi connectivity index (χ1) is 9.69. The predicted octanol–water partition coefficient (Wildman–Crippen LogP) is 3.07. The molecule has 1 fully saturated rings. The number of aliphatic hydroxyl groups is 1. The number of aliphatic hydroxyl groups excluding tert-OH is 1. The van der Waals surface area contributed by atoms with Crippen molar-refractivity contribution in [3.63, 3.8) is 0 Å². The van der Waals surface area contributed by atoms with Crippen LogP contribution in [0.2, 0.25) is 5.02 Å². The third-order valence-corrected chi connectivity index (χ3v) is 4.64. The molecule has 106 valence electrons. The molecule has 1 aliphatic heterocycles. The highest BCUT2D eigenvalue weighted by Crippen LogP contribution is 2.37. The summed E-state index contributed by atoms with van der Waals surface area (Å²) in [5.74, 6) is 0.862. The van der Waals surface area contributed by atoms with Gasteiger partial charge in [0.1, 0.15) is 5.82 Å². The van der Waals surface area contributed by atoms with Crippen molar-refractivity contribution in [1.29, 1.82) is 0 Å². The molecule has 3 rings (SSSR count). The molecule has 2 aromatic rings. The minimum absolute atomic E-state index is 0.0649. The van der Waals surface area contributed by atoms with E-state index in [4.69, 9.17) is 11.6 Å². The molecule has 0 amide bonds. The van der Waals surface area contributed by atoms with Crippen LogP contribution in [0, 0.1) is 0 Å². The Morgan fingerprint density at radius 2 is 2.15 bits per heavy atom. The van der Waals surface area contributed by atoms with Crippen LogP contribution in [0.5, 0.6) is 0 Å². The molecule has 0 radical (unpaired) electrons. The zero-order valence-electron chi connectivity index (χ0n) is 11.2. The summed E-state index contributed by atoms with van der Waals surface area (Å²) in [5, 5.41) is 11.9. The predicted molar refractivity (Wildman–Crippen MR) is 81.4 cm³/mol. The molecule has 1 saturated heterocycles. The molecule has 20 heavy (non-hydrogen) atoms. The summed E-state index contributed by atoms with van der Waals surface area (Å²) in [7, 11) is 0. The van der Waals surface area contributed by atoms with E-state index < -0.39 is 0 Å². The van der Waals surface area contributed by atoms with Crippen molar-refractivity contribution in [3.05, 3.63) is 40.7 Å². The van der Waals surface area contributed by atoms with Crippen molar-refractivity contribution < 1.29 is 5.11 Å². The van der Waals surface area contributed by atoms with Gasteiger partial charge in [-0.2, -0.15) is 4.37 Å². The summed E-state index contributed by atoms with van der Waals surface area (Å²) in [5.41, 5.74) is 1.06. The van der Waals surface area contributed by atoms with Gasteiger partial charge in [0, 0.05) is 29.5 Å². The first-order valence-corrected chi connectivity index (χ1v) is 7.87. The van der Waals surface area contributed by atoms with Gasteiger partial charge >= 0.3 is 0 Å². The van der Waals surface area contributed by atoms with E-state index in [1.54, 1.807) is 0 Å². The molecule has 6 heteroatoms. The quantitative estimate of drug-likeness (QED) is 0.946. The summed E-state index contributed by atoms with van der Waals surface area (Å²) < 4.78 is 4.33. The van der Waals surface area contributed by atoms with Crippen LogP contribution in [0.25, 0.3) is 0 Å². The fraction of sp³-hybridized carbons (Fsp3) is 0.429. The maximum atomic E-state index is 10.3. The van der Waals surface area contributed by atoms with Crippen LogP contribution in [-0.4, -0.2) is 27.1 Å². The smallest absolute Gasteiger partial charge is 0.205 e. The molecule has 2 atom stereocenters.